The molecule has 0 aliphatic heterocycles. The molecular formula is C18H22OS. The number of hydrogen-bond acceptors (Lipinski definition) is 2. The first kappa shape index (κ1) is 15.0. The third-order valence-electron chi connectivity index (χ3n) is 3.33. The Bertz CT molecular complexity index is 475. The molecule has 2 aromatic rings. The van der Waals surface area contributed by atoms with Gasteiger partial charge in [0.05, 0.1) is 12.0 Å². The van der Waals surface area contributed by atoms with Crippen molar-refractivity contribution in [2.45, 2.75) is 44.4 Å². The van der Waals surface area contributed by atoms with Gasteiger partial charge in [-0.2, -0.15) is 0 Å². The van der Waals surface area contributed by atoms with Crippen molar-refractivity contribution in [1.29, 1.82) is 0 Å². The van der Waals surface area contributed by atoms with Crippen LogP contribution in [0.5, 0.6) is 5.75 Å². The highest BCUT2D eigenvalue weighted by atomic mass is 32.2. The molecule has 2 heteroatoms. The zero-order valence-corrected chi connectivity index (χ0v) is 13.4. The predicted octanol–water partition coefficient (Wildman–Crippen LogP) is 6.02. The lowest BCUT2D eigenvalue weighted by Crippen LogP contribution is -1.88. The third kappa shape index (κ3) is 4.04. The Balaban J connectivity index is 1.94. The van der Waals surface area contributed by atoms with Crippen LogP contribution in [-0.2, 0) is 0 Å². The van der Waals surface area contributed by atoms with Crippen molar-refractivity contribution in [3.63, 3.8) is 0 Å². The smallest absolute Gasteiger partial charge is 0.137 e. The fourth-order valence-electron chi connectivity index (χ4n) is 1.91. The van der Waals surface area contributed by atoms with Crippen molar-refractivity contribution >= 4 is 12.0 Å². The Labute approximate surface area is 126 Å². The van der Waals surface area contributed by atoms with Crippen molar-refractivity contribution in [3.8, 4) is 5.75 Å². The first-order valence-electron chi connectivity index (χ1n) is 7.10. The molecule has 2 aromatic carbocycles. The van der Waals surface area contributed by atoms with Gasteiger partial charge in [0, 0.05) is 4.90 Å². The van der Waals surface area contributed by atoms with E-state index in [0.29, 0.717) is 11.8 Å². The predicted molar refractivity (Wildman–Crippen MR) is 87.5 cm³/mol. The molecule has 0 aliphatic rings. The summed E-state index contributed by atoms with van der Waals surface area (Å²) in [6, 6.07) is 16.9. The van der Waals surface area contributed by atoms with E-state index in [4.69, 9.17) is 4.18 Å². The van der Waals surface area contributed by atoms with Crippen molar-refractivity contribution in [2.24, 2.45) is 0 Å². The van der Waals surface area contributed by atoms with Crippen LogP contribution < -0.4 is 4.18 Å². The Morgan fingerprint density at radius 1 is 0.700 bits per heavy atom. The van der Waals surface area contributed by atoms with Gasteiger partial charge < -0.3 is 4.18 Å². The summed E-state index contributed by atoms with van der Waals surface area (Å²) in [6.45, 7) is 8.80. The number of rotatable bonds is 5. The molecule has 0 saturated heterocycles. The monoisotopic (exact) mass is 286 g/mol. The molecule has 0 atom stereocenters. The third-order valence-corrected chi connectivity index (χ3v) is 4.07. The quantitative estimate of drug-likeness (QED) is 0.621. The molecule has 0 heterocycles. The first-order valence-corrected chi connectivity index (χ1v) is 7.85. The summed E-state index contributed by atoms with van der Waals surface area (Å²) in [5.41, 5.74) is 2.69. The molecule has 0 aromatic heterocycles. The zero-order chi connectivity index (χ0) is 14.5. The molecule has 0 N–H and O–H groups in total. The molecule has 0 saturated carbocycles. The topological polar surface area (TPSA) is 9.23 Å². The van der Waals surface area contributed by atoms with E-state index in [2.05, 4.69) is 64.1 Å². The van der Waals surface area contributed by atoms with Gasteiger partial charge in [-0.25, -0.2) is 0 Å². The summed E-state index contributed by atoms with van der Waals surface area (Å²) < 4.78 is 5.74. The summed E-state index contributed by atoms with van der Waals surface area (Å²) in [6.07, 6.45) is 0. The highest BCUT2D eigenvalue weighted by molar-refractivity contribution is 7.95. The van der Waals surface area contributed by atoms with E-state index in [0.717, 1.165) is 10.6 Å². The van der Waals surface area contributed by atoms with Crippen LogP contribution in [0.3, 0.4) is 0 Å². The van der Waals surface area contributed by atoms with E-state index in [1.54, 1.807) is 0 Å². The SMILES string of the molecule is CC(C)c1ccc(OSc2ccc(C(C)C)cc2)cc1. The van der Waals surface area contributed by atoms with E-state index in [1.807, 2.05) is 12.1 Å². The molecule has 0 fully saturated rings. The fraction of sp³-hybridized carbons (Fsp3) is 0.333. The minimum Gasteiger partial charge on any atom is -0.421 e. The van der Waals surface area contributed by atoms with Gasteiger partial charge >= 0.3 is 0 Å². The molecule has 0 spiro atoms. The van der Waals surface area contributed by atoms with Gasteiger partial charge in [-0.1, -0.05) is 52.0 Å². The maximum absolute atomic E-state index is 5.74. The summed E-state index contributed by atoms with van der Waals surface area (Å²) in [4.78, 5) is 1.13. The second kappa shape index (κ2) is 6.85. The average Bonchev–Trinajstić information content (AvgIpc) is 2.46. The summed E-state index contributed by atoms with van der Waals surface area (Å²) in [5, 5.41) is 0. The normalized spacial score (nSPS) is 11.1. The van der Waals surface area contributed by atoms with Crippen LogP contribution in [0.15, 0.2) is 53.4 Å². The van der Waals surface area contributed by atoms with Crippen molar-refractivity contribution in [2.75, 3.05) is 0 Å². The highest BCUT2D eigenvalue weighted by Crippen LogP contribution is 2.26. The Morgan fingerprint density at radius 3 is 1.60 bits per heavy atom. The fourth-order valence-corrected chi connectivity index (χ4v) is 2.46. The maximum Gasteiger partial charge on any atom is 0.137 e. The van der Waals surface area contributed by atoms with E-state index in [-0.39, 0.29) is 0 Å². The van der Waals surface area contributed by atoms with E-state index in [1.165, 1.54) is 23.2 Å². The Kier molecular flexibility index (Phi) is 5.13. The minimum atomic E-state index is 0.556. The molecular weight excluding hydrogens is 264 g/mol. The van der Waals surface area contributed by atoms with Gasteiger partial charge in [-0.15, -0.1) is 0 Å². The average molecular weight is 286 g/mol. The molecule has 0 aliphatic carbocycles. The minimum absolute atomic E-state index is 0.556. The molecule has 0 bridgehead atoms. The van der Waals surface area contributed by atoms with E-state index < -0.39 is 0 Å². The van der Waals surface area contributed by atoms with Gasteiger partial charge in [-0.3, -0.25) is 0 Å². The van der Waals surface area contributed by atoms with Crippen molar-refractivity contribution < 1.29 is 4.18 Å². The van der Waals surface area contributed by atoms with Gasteiger partial charge in [0.2, 0.25) is 0 Å². The highest BCUT2D eigenvalue weighted by Gasteiger charge is 2.02. The van der Waals surface area contributed by atoms with E-state index in [9.17, 15) is 0 Å². The summed E-state index contributed by atoms with van der Waals surface area (Å²) in [7, 11) is 0. The molecule has 0 radical (unpaired) electrons. The molecule has 106 valence electrons. The lowest BCUT2D eigenvalue weighted by molar-refractivity contribution is 0.645. The Morgan fingerprint density at radius 2 is 1.15 bits per heavy atom. The summed E-state index contributed by atoms with van der Waals surface area (Å²) >= 11 is 1.41. The lowest BCUT2D eigenvalue weighted by Gasteiger charge is -2.08. The molecule has 20 heavy (non-hydrogen) atoms. The number of benzene rings is 2. The van der Waals surface area contributed by atoms with Crippen LogP contribution in [-0.4, -0.2) is 0 Å². The summed E-state index contributed by atoms with van der Waals surface area (Å²) in [5.74, 6) is 2.02. The van der Waals surface area contributed by atoms with E-state index >= 15 is 0 Å². The van der Waals surface area contributed by atoms with Gasteiger partial charge in [-0.05, 0) is 47.2 Å². The van der Waals surface area contributed by atoms with Gasteiger partial charge in [0.1, 0.15) is 5.75 Å². The molecule has 0 amide bonds. The van der Waals surface area contributed by atoms with Crippen LogP contribution in [0.2, 0.25) is 0 Å². The maximum atomic E-state index is 5.74. The lowest BCUT2D eigenvalue weighted by atomic mass is 10.0. The Hall–Kier alpha value is -1.41. The van der Waals surface area contributed by atoms with Crippen molar-refractivity contribution in [1.82, 2.24) is 0 Å². The molecule has 2 rings (SSSR count). The zero-order valence-electron chi connectivity index (χ0n) is 12.6. The van der Waals surface area contributed by atoms with Crippen LogP contribution in [0.25, 0.3) is 0 Å². The van der Waals surface area contributed by atoms with Crippen LogP contribution in [0, 0.1) is 0 Å². The molecule has 0 unspecified atom stereocenters. The standard InChI is InChI=1S/C18H22OS/c1-13(2)15-5-9-17(10-6-15)19-20-18-11-7-16(8-12-18)14(3)4/h5-14H,1-4H3. The number of hydrogen-bond donors (Lipinski definition) is 0. The van der Waals surface area contributed by atoms with Gasteiger partial charge in [0.25, 0.3) is 0 Å². The van der Waals surface area contributed by atoms with Gasteiger partial charge in [0.15, 0.2) is 0 Å². The van der Waals surface area contributed by atoms with Crippen LogP contribution >= 0.6 is 12.0 Å². The second-order valence-electron chi connectivity index (χ2n) is 5.61. The second-order valence-corrected chi connectivity index (χ2v) is 6.42. The van der Waals surface area contributed by atoms with Crippen LogP contribution in [0.1, 0.15) is 50.7 Å². The molecule has 1 nitrogen and oxygen atoms in total. The van der Waals surface area contributed by atoms with Crippen molar-refractivity contribution in [3.05, 3.63) is 59.7 Å². The first-order chi connectivity index (χ1) is 9.56. The largest absolute Gasteiger partial charge is 0.421 e. The van der Waals surface area contributed by atoms with Crippen LogP contribution in [0.4, 0.5) is 0 Å².